The topological polar surface area (TPSA) is 36.0 Å². The summed E-state index contributed by atoms with van der Waals surface area (Å²) in [6, 6.07) is 8.40. The Balaban J connectivity index is 1.56. The van der Waals surface area contributed by atoms with Gasteiger partial charge >= 0.3 is 0 Å². The molecule has 2 aliphatic heterocycles. The molecular weight excluding hydrogens is 430 g/mol. The largest absolute Gasteiger partial charge is 0.501 e. The molecule has 0 spiro atoms. The number of carbonyl (C=O) groups is 1. The molecule has 4 rings (SSSR count). The lowest BCUT2D eigenvalue weighted by atomic mass is 9.83. The summed E-state index contributed by atoms with van der Waals surface area (Å²) < 4.78 is 6.73. The van der Waals surface area contributed by atoms with Gasteiger partial charge in [-0.1, -0.05) is 28.1 Å². The number of amides is 1. The number of likely N-dealkylation sites (N-methyl/N-ethyl adjacent to an activating group) is 1. The number of hydrogen-bond donors (Lipinski definition) is 0. The van der Waals surface area contributed by atoms with Crippen LogP contribution in [0.3, 0.4) is 0 Å². The van der Waals surface area contributed by atoms with Crippen molar-refractivity contribution in [2.24, 2.45) is 0 Å². The van der Waals surface area contributed by atoms with Crippen LogP contribution < -0.4 is 0 Å². The van der Waals surface area contributed by atoms with Crippen molar-refractivity contribution in [2.45, 2.75) is 31.7 Å². The van der Waals surface area contributed by atoms with Gasteiger partial charge in [0.05, 0.1) is 19.3 Å². The zero-order chi connectivity index (χ0) is 20.4. The van der Waals surface area contributed by atoms with Crippen molar-refractivity contribution in [3.63, 3.8) is 0 Å². The van der Waals surface area contributed by atoms with E-state index in [1.165, 1.54) is 11.1 Å². The number of carbonyl (C=O) groups excluding carboxylic acids is 1. The van der Waals surface area contributed by atoms with Crippen LogP contribution in [0.2, 0.25) is 0 Å². The molecule has 1 aromatic rings. The number of halogens is 1. The van der Waals surface area contributed by atoms with E-state index in [2.05, 4.69) is 39.0 Å². The van der Waals surface area contributed by atoms with Gasteiger partial charge in [-0.25, -0.2) is 0 Å². The smallest absolute Gasteiger partial charge is 0.230 e. The Labute approximate surface area is 182 Å². The second-order valence-electron chi connectivity index (χ2n) is 8.23. The van der Waals surface area contributed by atoms with Gasteiger partial charge in [0.1, 0.15) is 0 Å². The third kappa shape index (κ3) is 4.60. The molecule has 3 aliphatic rings. The lowest BCUT2D eigenvalue weighted by Crippen LogP contribution is -2.51. The highest BCUT2D eigenvalue weighted by molar-refractivity contribution is 9.10. The van der Waals surface area contributed by atoms with Crippen LogP contribution in [0.4, 0.5) is 0 Å². The molecule has 0 bridgehead atoms. The first kappa shape index (κ1) is 20.6. The van der Waals surface area contributed by atoms with Gasteiger partial charge in [0.15, 0.2) is 0 Å². The fraction of sp³-hybridized carbons (Fsp3) is 0.522. The van der Waals surface area contributed by atoms with Gasteiger partial charge in [-0.3, -0.25) is 9.69 Å². The van der Waals surface area contributed by atoms with Crippen molar-refractivity contribution in [1.82, 2.24) is 14.7 Å². The number of allylic oxidation sites excluding steroid dienone is 1. The Morgan fingerprint density at radius 2 is 1.97 bits per heavy atom. The molecule has 156 valence electrons. The number of piperazine rings is 1. The minimum absolute atomic E-state index is 0.163. The van der Waals surface area contributed by atoms with Crippen molar-refractivity contribution < 1.29 is 9.53 Å². The zero-order valence-electron chi connectivity index (χ0n) is 17.4. The summed E-state index contributed by atoms with van der Waals surface area (Å²) in [6.07, 6.45) is 5.49. The van der Waals surface area contributed by atoms with Crippen LogP contribution in [0.15, 0.2) is 51.8 Å². The Morgan fingerprint density at radius 3 is 2.69 bits per heavy atom. The van der Waals surface area contributed by atoms with E-state index in [1.54, 1.807) is 7.11 Å². The molecule has 0 saturated carbocycles. The van der Waals surface area contributed by atoms with Crippen molar-refractivity contribution in [2.75, 3.05) is 46.9 Å². The van der Waals surface area contributed by atoms with E-state index in [4.69, 9.17) is 4.74 Å². The van der Waals surface area contributed by atoms with Crippen LogP contribution in [0.25, 0.3) is 0 Å². The Kier molecular flexibility index (Phi) is 6.42. The highest BCUT2D eigenvalue weighted by Gasteiger charge is 2.35. The molecule has 2 heterocycles. The second-order valence-corrected chi connectivity index (χ2v) is 9.14. The van der Waals surface area contributed by atoms with Gasteiger partial charge in [0.25, 0.3) is 0 Å². The van der Waals surface area contributed by atoms with E-state index in [0.717, 1.165) is 67.8 Å². The molecule has 1 aliphatic carbocycles. The first-order valence-electron chi connectivity index (χ1n) is 10.5. The monoisotopic (exact) mass is 459 g/mol. The molecular formula is C23H30BrN3O2. The maximum absolute atomic E-state index is 13.0. The SMILES string of the molecule is COC1=C2CCN(C(=O)Cc3cccc(Br)c3)C=C2C(N2CCN(C)CC2)CC1. The molecule has 6 heteroatoms. The standard InChI is InChI=1S/C23H30BrN3O2/c1-25-10-12-26(13-11-25)21-6-7-22(29-2)19-8-9-27(16-20(19)21)23(28)15-17-4-3-5-18(24)14-17/h3-5,14,16,21H,6-13,15H2,1-2H3. The molecule has 1 aromatic carbocycles. The minimum atomic E-state index is 0.163. The fourth-order valence-corrected chi connectivity index (χ4v) is 5.15. The van der Waals surface area contributed by atoms with Gasteiger partial charge in [-0.05, 0) is 48.7 Å². The molecule has 1 unspecified atom stereocenters. The summed E-state index contributed by atoms with van der Waals surface area (Å²) in [6.45, 7) is 5.10. The predicted molar refractivity (Wildman–Crippen MR) is 118 cm³/mol. The first-order valence-corrected chi connectivity index (χ1v) is 11.3. The van der Waals surface area contributed by atoms with Crippen molar-refractivity contribution in [3.8, 4) is 0 Å². The molecule has 0 aromatic heterocycles. The van der Waals surface area contributed by atoms with Crippen LogP contribution in [-0.2, 0) is 16.0 Å². The summed E-state index contributed by atoms with van der Waals surface area (Å²) in [5.41, 5.74) is 3.67. The van der Waals surface area contributed by atoms with Crippen molar-refractivity contribution in [3.05, 3.63) is 57.4 Å². The summed E-state index contributed by atoms with van der Waals surface area (Å²) in [4.78, 5) is 19.9. The summed E-state index contributed by atoms with van der Waals surface area (Å²) in [7, 11) is 3.97. The Morgan fingerprint density at radius 1 is 1.17 bits per heavy atom. The molecule has 0 N–H and O–H groups in total. The summed E-state index contributed by atoms with van der Waals surface area (Å²) in [5, 5.41) is 0. The third-order valence-electron chi connectivity index (χ3n) is 6.38. The van der Waals surface area contributed by atoms with E-state index in [1.807, 2.05) is 29.2 Å². The maximum atomic E-state index is 13.0. The van der Waals surface area contributed by atoms with E-state index in [0.29, 0.717) is 12.5 Å². The van der Waals surface area contributed by atoms with Gasteiger partial charge < -0.3 is 14.5 Å². The van der Waals surface area contributed by atoms with Gasteiger partial charge in [0, 0.05) is 55.9 Å². The molecule has 0 radical (unpaired) electrons. The number of ether oxygens (including phenoxy) is 1. The summed E-state index contributed by atoms with van der Waals surface area (Å²) >= 11 is 3.50. The van der Waals surface area contributed by atoms with Crippen LogP contribution in [0, 0.1) is 0 Å². The van der Waals surface area contributed by atoms with Crippen molar-refractivity contribution in [1.29, 1.82) is 0 Å². The zero-order valence-corrected chi connectivity index (χ0v) is 19.0. The lowest BCUT2D eigenvalue weighted by molar-refractivity contribution is -0.128. The van der Waals surface area contributed by atoms with Gasteiger partial charge in [-0.2, -0.15) is 0 Å². The van der Waals surface area contributed by atoms with E-state index in [9.17, 15) is 4.79 Å². The average molecular weight is 460 g/mol. The Hall–Kier alpha value is -1.63. The molecule has 5 nitrogen and oxygen atoms in total. The van der Waals surface area contributed by atoms with E-state index in [-0.39, 0.29) is 5.91 Å². The minimum Gasteiger partial charge on any atom is -0.501 e. The number of nitrogens with zero attached hydrogens (tertiary/aromatic N) is 3. The number of rotatable bonds is 4. The van der Waals surface area contributed by atoms with Crippen LogP contribution >= 0.6 is 15.9 Å². The third-order valence-corrected chi connectivity index (χ3v) is 6.87. The molecule has 29 heavy (non-hydrogen) atoms. The number of methoxy groups -OCH3 is 1. The van der Waals surface area contributed by atoms with Gasteiger partial charge in [0.2, 0.25) is 5.91 Å². The van der Waals surface area contributed by atoms with Crippen LogP contribution in [0.5, 0.6) is 0 Å². The molecule has 1 saturated heterocycles. The van der Waals surface area contributed by atoms with E-state index >= 15 is 0 Å². The lowest BCUT2D eigenvalue weighted by Gasteiger charge is -2.43. The first-order chi connectivity index (χ1) is 14.0. The number of fused-ring (bicyclic) bond motifs is 1. The average Bonchev–Trinajstić information content (AvgIpc) is 2.73. The van der Waals surface area contributed by atoms with Crippen LogP contribution in [0.1, 0.15) is 24.8 Å². The normalized spacial score (nSPS) is 23.6. The van der Waals surface area contributed by atoms with Gasteiger partial charge in [-0.15, -0.1) is 0 Å². The molecule has 1 amide bonds. The maximum Gasteiger partial charge on any atom is 0.230 e. The molecule has 1 fully saturated rings. The number of hydrogen-bond acceptors (Lipinski definition) is 4. The van der Waals surface area contributed by atoms with E-state index < -0.39 is 0 Å². The van der Waals surface area contributed by atoms with Crippen LogP contribution in [-0.4, -0.2) is 73.5 Å². The molecule has 1 atom stereocenters. The fourth-order valence-electron chi connectivity index (χ4n) is 4.71. The highest BCUT2D eigenvalue weighted by Crippen LogP contribution is 2.38. The summed E-state index contributed by atoms with van der Waals surface area (Å²) in [5.74, 6) is 1.28. The number of benzene rings is 1. The highest BCUT2D eigenvalue weighted by atomic mass is 79.9. The predicted octanol–water partition coefficient (Wildman–Crippen LogP) is 3.42. The quantitative estimate of drug-likeness (QED) is 0.690. The second kappa shape index (κ2) is 9.02. The van der Waals surface area contributed by atoms with Crippen molar-refractivity contribution >= 4 is 21.8 Å². The Bertz CT molecular complexity index is 827.